The van der Waals surface area contributed by atoms with Crippen molar-refractivity contribution in [3.63, 3.8) is 0 Å². The molecule has 1 atom stereocenters. The van der Waals surface area contributed by atoms with Crippen molar-refractivity contribution < 1.29 is 9.90 Å². The zero-order valence-corrected chi connectivity index (χ0v) is 10.9. The minimum absolute atomic E-state index is 0.290. The number of fused-ring (bicyclic) bond motifs is 1. The molecule has 0 aliphatic carbocycles. The van der Waals surface area contributed by atoms with Crippen LogP contribution >= 0.6 is 0 Å². The van der Waals surface area contributed by atoms with E-state index >= 15 is 0 Å². The summed E-state index contributed by atoms with van der Waals surface area (Å²) in [4.78, 5) is 17.6. The molecular weight excluding hydrogens is 242 g/mol. The molecule has 0 saturated carbocycles. The summed E-state index contributed by atoms with van der Waals surface area (Å²) in [5.74, 6) is -0.254. The molecule has 19 heavy (non-hydrogen) atoms. The molecular formula is C14H17N3O2. The van der Waals surface area contributed by atoms with E-state index in [4.69, 9.17) is 5.11 Å². The van der Waals surface area contributed by atoms with Crippen LogP contribution in [0, 0.1) is 5.92 Å². The molecule has 1 unspecified atom stereocenters. The number of rotatable bonds is 3. The van der Waals surface area contributed by atoms with Crippen LogP contribution in [0.2, 0.25) is 0 Å². The summed E-state index contributed by atoms with van der Waals surface area (Å²) in [5.41, 5.74) is 2.06. The number of nitrogens with zero attached hydrogens (tertiary/aromatic N) is 3. The van der Waals surface area contributed by atoms with Gasteiger partial charge in [0.1, 0.15) is 0 Å². The molecule has 2 aromatic rings. The first-order chi connectivity index (χ1) is 9.13. The van der Waals surface area contributed by atoms with Crippen LogP contribution in [-0.4, -0.2) is 45.7 Å². The maximum absolute atomic E-state index is 10.9. The molecule has 0 spiro atoms. The first kappa shape index (κ1) is 12.2. The number of hydrogen-bond acceptors (Lipinski definition) is 3. The summed E-state index contributed by atoms with van der Waals surface area (Å²) in [7, 11) is 2.14. The maximum Gasteiger partial charge on any atom is 0.335 e. The number of likely N-dealkylation sites (tertiary alicyclic amines) is 1. The van der Waals surface area contributed by atoms with Gasteiger partial charge in [-0.05, 0) is 44.1 Å². The normalized spacial score (nSPS) is 20.2. The van der Waals surface area contributed by atoms with Crippen molar-refractivity contribution in [2.75, 3.05) is 20.1 Å². The van der Waals surface area contributed by atoms with E-state index in [-0.39, 0.29) is 0 Å². The Kier molecular flexibility index (Phi) is 2.98. The van der Waals surface area contributed by atoms with Crippen molar-refractivity contribution in [1.82, 2.24) is 14.5 Å². The van der Waals surface area contributed by atoms with Crippen LogP contribution in [0.1, 0.15) is 16.8 Å². The topological polar surface area (TPSA) is 58.4 Å². The fourth-order valence-electron chi connectivity index (χ4n) is 2.80. The molecule has 0 bridgehead atoms. The first-order valence-electron chi connectivity index (χ1n) is 6.50. The Bertz CT molecular complexity index is 620. The average molecular weight is 259 g/mol. The highest BCUT2D eigenvalue weighted by molar-refractivity contribution is 5.92. The number of carboxylic acid groups (broad SMARTS) is 1. The number of imidazole rings is 1. The molecule has 1 saturated heterocycles. The van der Waals surface area contributed by atoms with Crippen LogP contribution in [0.4, 0.5) is 0 Å². The average Bonchev–Trinajstić information content (AvgIpc) is 2.96. The highest BCUT2D eigenvalue weighted by atomic mass is 16.4. The Morgan fingerprint density at radius 3 is 3.05 bits per heavy atom. The van der Waals surface area contributed by atoms with Crippen LogP contribution in [-0.2, 0) is 6.54 Å². The van der Waals surface area contributed by atoms with Gasteiger partial charge in [0.25, 0.3) is 0 Å². The second kappa shape index (κ2) is 4.66. The number of aromatic carboxylic acids is 1. The molecule has 0 amide bonds. The molecule has 5 heteroatoms. The summed E-state index contributed by atoms with van der Waals surface area (Å²) in [5, 5.41) is 8.97. The SMILES string of the molecule is CN1CCC(Cn2cnc3cc(C(=O)O)ccc32)C1. The number of benzene rings is 1. The van der Waals surface area contributed by atoms with Crippen molar-refractivity contribution in [2.45, 2.75) is 13.0 Å². The van der Waals surface area contributed by atoms with Crippen molar-refractivity contribution in [1.29, 1.82) is 0 Å². The minimum atomic E-state index is -0.908. The van der Waals surface area contributed by atoms with Gasteiger partial charge in [0.2, 0.25) is 0 Å². The van der Waals surface area contributed by atoms with Gasteiger partial charge in [-0.3, -0.25) is 0 Å². The molecule has 2 heterocycles. The molecule has 1 N–H and O–H groups in total. The fraction of sp³-hybridized carbons (Fsp3) is 0.429. The monoisotopic (exact) mass is 259 g/mol. The van der Waals surface area contributed by atoms with Crippen LogP contribution in [0.5, 0.6) is 0 Å². The van der Waals surface area contributed by atoms with Crippen LogP contribution in [0.25, 0.3) is 11.0 Å². The Morgan fingerprint density at radius 2 is 2.37 bits per heavy atom. The quantitative estimate of drug-likeness (QED) is 0.911. The predicted octanol–water partition coefficient (Wildman–Crippen LogP) is 1.69. The Labute approximate surface area is 111 Å². The van der Waals surface area contributed by atoms with Gasteiger partial charge in [0.15, 0.2) is 0 Å². The standard InChI is InChI=1S/C14H17N3O2/c1-16-5-4-10(7-16)8-17-9-15-12-6-11(14(18)19)2-3-13(12)17/h2-3,6,9-10H,4-5,7-8H2,1H3,(H,18,19). The van der Waals surface area contributed by atoms with Crippen molar-refractivity contribution >= 4 is 17.0 Å². The van der Waals surface area contributed by atoms with Gasteiger partial charge < -0.3 is 14.6 Å². The highest BCUT2D eigenvalue weighted by Gasteiger charge is 2.20. The third kappa shape index (κ3) is 2.33. The Hall–Kier alpha value is -1.88. The van der Waals surface area contributed by atoms with Crippen molar-refractivity contribution in [2.24, 2.45) is 5.92 Å². The van der Waals surface area contributed by atoms with E-state index in [2.05, 4.69) is 21.5 Å². The van der Waals surface area contributed by atoms with E-state index < -0.39 is 5.97 Å². The van der Waals surface area contributed by atoms with Crippen LogP contribution < -0.4 is 0 Å². The van der Waals surface area contributed by atoms with E-state index in [1.54, 1.807) is 12.1 Å². The number of hydrogen-bond donors (Lipinski definition) is 1. The van der Waals surface area contributed by atoms with Crippen LogP contribution in [0.15, 0.2) is 24.5 Å². The highest BCUT2D eigenvalue weighted by Crippen LogP contribution is 2.20. The molecule has 1 aliphatic rings. The molecule has 1 aromatic heterocycles. The first-order valence-corrected chi connectivity index (χ1v) is 6.50. The summed E-state index contributed by atoms with van der Waals surface area (Å²) in [6, 6.07) is 5.13. The van der Waals surface area contributed by atoms with Gasteiger partial charge in [-0.25, -0.2) is 9.78 Å². The number of carboxylic acids is 1. The number of aromatic nitrogens is 2. The van der Waals surface area contributed by atoms with E-state index in [9.17, 15) is 4.79 Å². The van der Waals surface area contributed by atoms with Gasteiger partial charge in [0, 0.05) is 13.1 Å². The maximum atomic E-state index is 10.9. The zero-order chi connectivity index (χ0) is 13.4. The van der Waals surface area contributed by atoms with Crippen LogP contribution in [0.3, 0.4) is 0 Å². The predicted molar refractivity (Wildman–Crippen MR) is 72.3 cm³/mol. The molecule has 5 nitrogen and oxygen atoms in total. The molecule has 0 radical (unpaired) electrons. The third-order valence-electron chi connectivity index (χ3n) is 3.81. The second-order valence-corrected chi connectivity index (χ2v) is 5.32. The number of carbonyl (C=O) groups is 1. The van der Waals surface area contributed by atoms with E-state index in [1.807, 2.05) is 12.4 Å². The Balaban J connectivity index is 1.86. The second-order valence-electron chi connectivity index (χ2n) is 5.32. The lowest BCUT2D eigenvalue weighted by Crippen LogP contribution is -2.16. The lowest BCUT2D eigenvalue weighted by Gasteiger charge is -2.11. The van der Waals surface area contributed by atoms with Gasteiger partial charge >= 0.3 is 5.97 Å². The lowest BCUT2D eigenvalue weighted by molar-refractivity contribution is 0.0697. The van der Waals surface area contributed by atoms with E-state index in [1.165, 1.54) is 6.42 Å². The van der Waals surface area contributed by atoms with E-state index in [0.717, 1.165) is 30.7 Å². The summed E-state index contributed by atoms with van der Waals surface area (Å²) in [6.07, 6.45) is 3.03. The van der Waals surface area contributed by atoms with Gasteiger partial charge in [-0.15, -0.1) is 0 Å². The van der Waals surface area contributed by atoms with E-state index in [0.29, 0.717) is 11.5 Å². The fourth-order valence-corrected chi connectivity index (χ4v) is 2.80. The lowest BCUT2D eigenvalue weighted by atomic mass is 10.1. The zero-order valence-electron chi connectivity index (χ0n) is 10.9. The minimum Gasteiger partial charge on any atom is -0.478 e. The third-order valence-corrected chi connectivity index (χ3v) is 3.81. The van der Waals surface area contributed by atoms with Gasteiger partial charge in [-0.1, -0.05) is 0 Å². The largest absolute Gasteiger partial charge is 0.478 e. The molecule has 1 aliphatic heterocycles. The van der Waals surface area contributed by atoms with Gasteiger partial charge in [0.05, 0.1) is 22.9 Å². The Morgan fingerprint density at radius 1 is 1.53 bits per heavy atom. The van der Waals surface area contributed by atoms with Crippen molar-refractivity contribution in [3.8, 4) is 0 Å². The molecule has 1 aromatic carbocycles. The molecule has 3 rings (SSSR count). The summed E-state index contributed by atoms with van der Waals surface area (Å²) in [6.45, 7) is 3.22. The molecule has 100 valence electrons. The van der Waals surface area contributed by atoms with Gasteiger partial charge in [-0.2, -0.15) is 0 Å². The summed E-state index contributed by atoms with van der Waals surface area (Å²) < 4.78 is 2.13. The smallest absolute Gasteiger partial charge is 0.335 e. The van der Waals surface area contributed by atoms with Crippen molar-refractivity contribution in [3.05, 3.63) is 30.1 Å². The molecule has 1 fully saturated rings. The summed E-state index contributed by atoms with van der Waals surface area (Å²) >= 11 is 0.